The van der Waals surface area contributed by atoms with Crippen LogP contribution in [0.15, 0.2) is 60.9 Å². The standard InChI is InChI=1S/C20H18ClN3O2/c1-26-18-9-5-2-6-15(18)20-22-10-11-23(20)14-12-19(25)24(13-14)17-8-4-3-7-16(17)21/h2-11,14H,12-13H2,1H3. The van der Waals surface area contributed by atoms with E-state index >= 15 is 0 Å². The van der Waals surface area contributed by atoms with Gasteiger partial charge >= 0.3 is 0 Å². The lowest BCUT2D eigenvalue weighted by atomic mass is 10.1. The first kappa shape index (κ1) is 16.7. The highest BCUT2D eigenvalue weighted by Gasteiger charge is 2.33. The fraction of sp³-hybridized carbons (Fsp3) is 0.200. The second-order valence-electron chi connectivity index (χ2n) is 6.17. The van der Waals surface area contributed by atoms with Gasteiger partial charge in [0.2, 0.25) is 5.91 Å². The molecule has 3 aromatic rings. The molecule has 5 nitrogen and oxygen atoms in total. The number of nitrogens with zero attached hydrogens (tertiary/aromatic N) is 3. The molecule has 0 aliphatic carbocycles. The molecule has 2 aromatic carbocycles. The van der Waals surface area contributed by atoms with Crippen molar-refractivity contribution in [2.45, 2.75) is 12.5 Å². The van der Waals surface area contributed by atoms with Crippen molar-refractivity contribution < 1.29 is 9.53 Å². The number of para-hydroxylation sites is 2. The van der Waals surface area contributed by atoms with E-state index in [-0.39, 0.29) is 11.9 Å². The van der Waals surface area contributed by atoms with Gasteiger partial charge in [-0.25, -0.2) is 4.98 Å². The monoisotopic (exact) mass is 367 g/mol. The number of rotatable bonds is 4. The summed E-state index contributed by atoms with van der Waals surface area (Å²) in [5, 5.41) is 0.581. The maximum Gasteiger partial charge on any atom is 0.229 e. The predicted molar refractivity (Wildman–Crippen MR) is 102 cm³/mol. The first-order valence-corrected chi connectivity index (χ1v) is 8.78. The fourth-order valence-electron chi connectivity index (χ4n) is 3.42. The summed E-state index contributed by atoms with van der Waals surface area (Å²) in [7, 11) is 1.64. The smallest absolute Gasteiger partial charge is 0.229 e. The number of amides is 1. The zero-order valence-electron chi connectivity index (χ0n) is 14.3. The third kappa shape index (κ3) is 2.84. The van der Waals surface area contributed by atoms with E-state index in [4.69, 9.17) is 16.3 Å². The van der Waals surface area contributed by atoms with Gasteiger partial charge in [-0.05, 0) is 24.3 Å². The second kappa shape index (κ2) is 6.84. The highest BCUT2D eigenvalue weighted by molar-refractivity contribution is 6.33. The summed E-state index contributed by atoms with van der Waals surface area (Å²) in [5.41, 5.74) is 1.66. The number of hydrogen-bond donors (Lipinski definition) is 0. The van der Waals surface area contributed by atoms with Crippen LogP contribution in [0.2, 0.25) is 5.02 Å². The van der Waals surface area contributed by atoms with Crippen LogP contribution in [0, 0.1) is 0 Å². The molecule has 4 rings (SSSR count). The van der Waals surface area contributed by atoms with Crippen molar-refractivity contribution in [3.8, 4) is 17.1 Å². The average molecular weight is 368 g/mol. The predicted octanol–water partition coefficient (Wildman–Crippen LogP) is 4.19. The number of benzene rings is 2. The molecule has 6 heteroatoms. The Morgan fingerprint density at radius 1 is 1.15 bits per heavy atom. The Balaban J connectivity index is 1.68. The van der Waals surface area contributed by atoms with Gasteiger partial charge in [-0.15, -0.1) is 0 Å². The minimum absolute atomic E-state index is 0.0128. The van der Waals surface area contributed by atoms with Gasteiger partial charge in [0.15, 0.2) is 0 Å². The fourth-order valence-corrected chi connectivity index (χ4v) is 3.66. The highest BCUT2D eigenvalue weighted by Crippen LogP contribution is 2.36. The Hall–Kier alpha value is -2.79. The number of carbonyl (C=O) groups excluding carboxylic acids is 1. The number of methoxy groups -OCH3 is 1. The molecule has 1 aliphatic heterocycles. The second-order valence-corrected chi connectivity index (χ2v) is 6.58. The van der Waals surface area contributed by atoms with E-state index in [0.717, 1.165) is 22.8 Å². The van der Waals surface area contributed by atoms with E-state index in [1.807, 2.05) is 53.2 Å². The van der Waals surface area contributed by atoms with Crippen molar-refractivity contribution >= 4 is 23.2 Å². The molecule has 2 heterocycles. The summed E-state index contributed by atoms with van der Waals surface area (Å²) in [5.74, 6) is 1.61. The normalized spacial score (nSPS) is 16.9. The largest absolute Gasteiger partial charge is 0.496 e. The van der Waals surface area contributed by atoms with Crippen LogP contribution in [0.4, 0.5) is 5.69 Å². The molecule has 1 aromatic heterocycles. The Kier molecular flexibility index (Phi) is 4.39. The summed E-state index contributed by atoms with van der Waals surface area (Å²) >= 11 is 6.28. The molecule has 0 radical (unpaired) electrons. The summed E-state index contributed by atoms with van der Waals surface area (Å²) < 4.78 is 7.51. The van der Waals surface area contributed by atoms with Crippen molar-refractivity contribution in [2.75, 3.05) is 18.6 Å². The van der Waals surface area contributed by atoms with E-state index in [1.54, 1.807) is 24.3 Å². The van der Waals surface area contributed by atoms with E-state index in [2.05, 4.69) is 4.98 Å². The number of carbonyl (C=O) groups is 1. The average Bonchev–Trinajstić information content (AvgIpc) is 3.28. The third-order valence-electron chi connectivity index (χ3n) is 4.66. The number of ether oxygens (including phenoxy) is 1. The minimum atomic E-state index is -0.0128. The van der Waals surface area contributed by atoms with E-state index < -0.39 is 0 Å². The lowest BCUT2D eigenvalue weighted by Gasteiger charge is -2.19. The summed E-state index contributed by atoms with van der Waals surface area (Å²) in [4.78, 5) is 18.9. The Labute approximate surface area is 156 Å². The SMILES string of the molecule is COc1ccccc1-c1nccn1C1CC(=O)N(c2ccccc2Cl)C1. The van der Waals surface area contributed by atoms with Crippen LogP contribution in [0.5, 0.6) is 5.75 Å². The van der Waals surface area contributed by atoms with Crippen LogP contribution < -0.4 is 9.64 Å². The summed E-state index contributed by atoms with van der Waals surface area (Å²) in [6, 6.07) is 15.2. The molecule has 1 atom stereocenters. The van der Waals surface area contributed by atoms with Gasteiger partial charge in [-0.1, -0.05) is 35.9 Å². The molecule has 1 fully saturated rings. The molecule has 1 amide bonds. The number of anilines is 1. The van der Waals surface area contributed by atoms with Crippen molar-refractivity contribution in [3.05, 3.63) is 65.9 Å². The molecule has 1 unspecified atom stereocenters. The zero-order valence-corrected chi connectivity index (χ0v) is 15.1. The molecular formula is C20H18ClN3O2. The highest BCUT2D eigenvalue weighted by atomic mass is 35.5. The summed E-state index contributed by atoms with van der Waals surface area (Å²) in [6.45, 7) is 0.557. The maximum absolute atomic E-state index is 12.6. The van der Waals surface area contributed by atoms with Gasteiger partial charge < -0.3 is 14.2 Å². The van der Waals surface area contributed by atoms with Gasteiger partial charge in [0, 0.05) is 25.4 Å². The molecule has 26 heavy (non-hydrogen) atoms. The number of halogens is 1. The van der Waals surface area contributed by atoms with E-state index in [1.165, 1.54) is 0 Å². The Morgan fingerprint density at radius 2 is 1.92 bits per heavy atom. The molecule has 0 bridgehead atoms. The van der Waals surface area contributed by atoms with E-state index in [9.17, 15) is 4.79 Å². The molecular weight excluding hydrogens is 350 g/mol. The van der Waals surface area contributed by atoms with Crippen molar-refractivity contribution in [3.63, 3.8) is 0 Å². The lowest BCUT2D eigenvalue weighted by Crippen LogP contribution is -2.25. The first-order chi connectivity index (χ1) is 12.7. The molecule has 1 aliphatic rings. The lowest BCUT2D eigenvalue weighted by molar-refractivity contribution is -0.117. The van der Waals surface area contributed by atoms with Crippen molar-refractivity contribution in [1.82, 2.24) is 9.55 Å². The van der Waals surface area contributed by atoms with Crippen LogP contribution in [0.25, 0.3) is 11.4 Å². The zero-order chi connectivity index (χ0) is 18.1. The molecule has 0 saturated carbocycles. The topological polar surface area (TPSA) is 47.4 Å². The van der Waals surface area contributed by atoms with Crippen LogP contribution in [0.3, 0.4) is 0 Å². The van der Waals surface area contributed by atoms with Crippen molar-refractivity contribution in [2.24, 2.45) is 0 Å². The molecule has 132 valence electrons. The van der Waals surface area contributed by atoms with Gasteiger partial charge in [-0.2, -0.15) is 0 Å². The molecule has 0 spiro atoms. The maximum atomic E-state index is 12.6. The molecule has 0 N–H and O–H groups in total. The molecule has 1 saturated heterocycles. The van der Waals surface area contributed by atoms with Crippen LogP contribution in [-0.4, -0.2) is 29.1 Å². The van der Waals surface area contributed by atoms with Gasteiger partial charge in [0.25, 0.3) is 0 Å². The van der Waals surface area contributed by atoms with Crippen LogP contribution >= 0.6 is 11.6 Å². The van der Waals surface area contributed by atoms with Crippen LogP contribution in [-0.2, 0) is 4.79 Å². The third-order valence-corrected chi connectivity index (χ3v) is 4.98. The van der Waals surface area contributed by atoms with Crippen LogP contribution in [0.1, 0.15) is 12.5 Å². The Morgan fingerprint density at radius 3 is 2.73 bits per heavy atom. The Bertz CT molecular complexity index is 953. The van der Waals surface area contributed by atoms with Gasteiger partial charge in [0.1, 0.15) is 11.6 Å². The van der Waals surface area contributed by atoms with Gasteiger partial charge in [0.05, 0.1) is 29.4 Å². The summed E-state index contributed by atoms with van der Waals surface area (Å²) in [6.07, 6.45) is 4.07. The van der Waals surface area contributed by atoms with E-state index in [0.29, 0.717) is 18.0 Å². The quantitative estimate of drug-likeness (QED) is 0.694. The van der Waals surface area contributed by atoms with Gasteiger partial charge in [-0.3, -0.25) is 4.79 Å². The number of imidazole rings is 1. The number of hydrogen-bond acceptors (Lipinski definition) is 3. The minimum Gasteiger partial charge on any atom is -0.496 e. The number of aromatic nitrogens is 2. The first-order valence-electron chi connectivity index (χ1n) is 8.40. The van der Waals surface area contributed by atoms with Crippen molar-refractivity contribution in [1.29, 1.82) is 0 Å².